The molecule has 1 fully saturated rings. The first-order valence-electron chi connectivity index (χ1n) is 8.20. The normalized spacial score (nSPS) is 15.8. The first-order valence-corrected chi connectivity index (χ1v) is 8.20. The number of nitrogens with one attached hydrogen (secondary N) is 1. The predicted octanol–water partition coefficient (Wildman–Crippen LogP) is 2.44. The van der Waals surface area contributed by atoms with Crippen molar-refractivity contribution in [3.05, 3.63) is 66.0 Å². The van der Waals surface area contributed by atoms with Crippen LogP contribution < -0.4 is 10.2 Å². The highest BCUT2D eigenvalue weighted by Gasteiger charge is 2.32. The fraction of sp³-hybridized carbons (Fsp3) is 0.316. The Hall–Kier alpha value is -2.40. The Bertz CT molecular complexity index is 686. The van der Waals surface area contributed by atoms with Crippen LogP contribution in [-0.4, -0.2) is 44.0 Å². The van der Waals surface area contributed by atoms with Gasteiger partial charge in [0.05, 0.1) is 0 Å². The SMILES string of the molecule is CN(c1ccccc1)C(C(=O)N1CCNCC1)c1ccccc1F. The van der Waals surface area contributed by atoms with Crippen molar-refractivity contribution in [2.45, 2.75) is 6.04 Å². The number of likely N-dealkylation sites (N-methyl/N-ethyl adjacent to an activating group) is 1. The lowest BCUT2D eigenvalue weighted by Crippen LogP contribution is -2.50. The number of hydrogen-bond acceptors (Lipinski definition) is 3. The number of halogens is 1. The van der Waals surface area contributed by atoms with E-state index in [1.54, 1.807) is 18.2 Å². The second-order valence-electron chi connectivity index (χ2n) is 5.95. The molecule has 1 aliphatic rings. The molecule has 4 nitrogen and oxygen atoms in total. The molecule has 0 saturated carbocycles. The van der Waals surface area contributed by atoms with E-state index in [1.165, 1.54) is 6.07 Å². The maximum absolute atomic E-state index is 14.4. The van der Waals surface area contributed by atoms with Gasteiger partial charge in [0.2, 0.25) is 5.91 Å². The van der Waals surface area contributed by atoms with E-state index in [0.29, 0.717) is 18.7 Å². The number of nitrogens with zero attached hydrogens (tertiary/aromatic N) is 2. The maximum atomic E-state index is 14.4. The Morgan fingerprint density at radius 1 is 1.08 bits per heavy atom. The Kier molecular flexibility index (Phi) is 5.11. The summed E-state index contributed by atoms with van der Waals surface area (Å²) >= 11 is 0. The summed E-state index contributed by atoms with van der Waals surface area (Å²) in [6, 6.07) is 15.5. The fourth-order valence-corrected chi connectivity index (χ4v) is 3.07. The molecule has 3 rings (SSSR count). The van der Waals surface area contributed by atoms with Gasteiger partial charge in [-0.3, -0.25) is 4.79 Å². The van der Waals surface area contributed by atoms with Crippen LogP contribution in [0, 0.1) is 5.82 Å². The van der Waals surface area contributed by atoms with Crippen molar-refractivity contribution in [3.8, 4) is 0 Å². The van der Waals surface area contributed by atoms with Gasteiger partial charge in [-0.15, -0.1) is 0 Å². The van der Waals surface area contributed by atoms with E-state index in [0.717, 1.165) is 18.8 Å². The van der Waals surface area contributed by atoms with Crippen molar-refractivity contribution in [3.63, 3.8) is 0 Å². The topological polar surface area (TPSA) is 35.6 Å². The van der Waals surface area contributed by atoms with Crippen LogP contribution in [0.1, 0.15) is 11.6 Å². The molecule has 2 aromatic carbocycles. The monoisotopic (exact) mass is 327 g/mol. The third kappa shape index (κ3) is 3.41. The molecule has 1 aliphatic heterocycles. The van der Waals surface area contributed by atoms with Crippen LogP contribution in [0.3, 0.4) is 0 Å². The Labute approximate surface area is 141 Å². The van der Waals surface area contributed by atoms with Gasteiger partial charge < -0.3 is 15.1 Å². The zero-order chi connectivity index (χ0) is 16.9. The van der Waals surface area contributed by atoms with Gasteiger partial charge in [-0.2, -0.15) is 0 Å². The Morgan fingerprint density at radius 2 is 1.71 bits per heavy atom. The summed E-state index contributed by atoms with van der Waals surface area (Å²) in [4.78, 5) is 16.8. The quantitative estimate of drug-likeness (QED) is 0.937. The Morgan fingerprint density at radius 3 is 2.38 bits per heavy atom. The highest BCUT2D eigenvalue weighted by Crippen LogP contribution is 2.29. The largest absolute Gasteiger partial charge is 0.359 e. The number of carbonyl (C=O) groups excluding carboxylic acids is 1. The van der Waals surface area contributed by atoms with Crippen molar-refractivity contribution < 1.29 is 9.18 Å². The minimum absolute atomic E-state index is 0.0621. The lowest BCUT2D eigenvalue weighted by atomic mass is 10.0. The summed E-state index contributed by atoms with van der Waals surface area (Å²) in [6.07, 6.45) is 0. The molecule has 1 N–H and O–H groups in total. The van der Waals surface area contributed by atoms with Crippen molar-refractivity contribution in [1.29, 1.82) is 0 Å². The average Bonchev–Trinajstić information content (AvgIpc) is 2.64. The third-order valence-electron chi connectivity index (χ3n) is 4.41. The molecular formula is C19H22FN3O. The molecule has 2 aromatic rings. The lowest BCUT2D eigenvalue weighted by molar-refractivity contribution is -0.133. The maximum Gasteiger partial charge on any atom is 0.250 e. The highest BCUT2D eigenvalue weighted by atomic mass is 19.1. The number of amides is 1. The third-order valence-corrected chi connectivity index (χ3v) is 4.41. The van der Waals surface area contributed by atoms with E-state index in [-0.39, 0.29) is 11.7 Å². The lowest BCUT2D eigenvalue weighted by Gasteiger charge is -2.36. The minimum Gasteiger partial charge on any atom is -0.359 e. The smallest absolute Gasteiger partial charge is 0.250 e. The number of hydrogen-bond donors (Lipinski definition) is 1. The van der Waals surface area contributed by atoms with Gasteiger partial charge in [0.1, 0.15) is 11.9 Å². The number of benzene rings is 2. The molecule has 0 aliphatic carbocycles. The molecule has 0 bridgehead atoms. The van der Waals surface area contributed by atoms with Crippen LogP contribution in [0.25, 0.3) is 0 Å². The van der Waals surface area contributed by atoms with Crippen LogP contribution in [0.2, 0.25) is 0 Å². The second kappa shape index (κ2) is 7.45. The molecule has 1 saturated heterocycles. The van der Waals surface area contributed by atoms with Crippen LogP contribution >= 0.6 is 0 Å². The van der Waals surface area contributed by atoms with Gasteiger partial charge in [0.15, 0.2) is 0 Å². The average molecular weight is 327 g/mol. The van der Waals surface area contributed by atoms with Crippen molar-refractivity contribution in [1.82, 2.24) is 10.2 Å². The number of carbonyl (C=O) groups is 1. The summed E-state index contributed by atoms with van der Waals surface area (Å²) < 4.78 is 14.4. The minimum atomic E-state index is -0.674. The van der Waals surface area contributed by atoms with E-state index >= 15 is 0 Å². The standard InChI is InChI=1S/C19H22FN3O/c1-22(15-7-3-2-4-8-15)18(16-9-5-6-10-17(16)20)19(24)23-13-11-21-12-14-23/h2-10,18,21H,11-14H2,1H3. The van der Waals surface area contributed by atoms with Gasteiger partial charge in [-0.05, 0) is 18.2 Å². The molecule has 0 spiro atoms. The summed E-state index contributed by atoms with van der Waals surface area (Å²) in [5.41, 5.74) is 1.29. The van der Waals surface area contributed by atoms with Crippen LogP contribution in [0.4, 0.5) is 10.1 Å². The molecule has 126 valence electrons. The first kappa shape index (κ1) is 16.5. The van der Waals surface area contributed by atoms with Gasteiger partial charge in [0.25, 0.3) is 0 Å². The molecule has 1 atom stereocenters. The van der Waals surface area contributed by atoms with E-state index in [4.69, 9.17) is 0 Å². The van der Waals surface area contributed by atoms with Crippen LogP contribution in [0.15, 0.2) is 54.6 Å². The molecular weight excluding hydrogens is 305 g/mol. The molecule has 5 heteroatoms. The van der Waals surface area contributed by atoms with Crippen molar-refractivity contribution >= 4 is 11.6 Å². The second-order valence-corrected chi connectivity index (χ2v) is 5.95. The van der Waals surface area contributed by atoms with Gasteiger partial charge in [-0.25, -0.2) is 4.39 Å². The van der Waals surface area contributed by atoms with E-state index in [2.05, 4.69) is 5.32 Å². The first-order chi connectivity index (χ1) is 11.7. The molecule has 1 amide bonds. The molecule has 1 heterocycles. The van der Waals surface area contributed by atoms with Crippen molar-refractivity contribution in [2.75, 3.05) is 38.1 Å². The van der Waals surface area contributed by atoms with Crippen LogP contribution in [-0.2, 0) is 4.79 Å². The molecule has 0 aromatic heterocycles. The number of rotatable bonds is 4. The van der Waals surface area contributed by atoms with E-state index in [9.17, 15) is 9.18 Å². The van der Waals surface area contributed by atoms with Gasteiger partial charge >= 0.3 is 0 Å². The number of piperazine rings is 1. The molecule has 0 radical (unpaired) electrons. The number of anilines is 1. The number of para-hydroxylation sites is 1. The predicted molar refractivity (Wildman–Crippen MR) is 93.4 cm³/mol. The zero-order valence-electron chi connectivity index (χ0n) is 13.8. The molecule has 1 unspecified atom stereocenters. The fourth-order valence-electron chi connectivity index (χ4n) is 3.07. The molecule has 24 heavy (non-hydrogen) atoms. The summed E-state index contributed by atoms with van der Waals surface area (Å²) in [7, 11) is 1.84. The summed E-state index contributed by atoms with van der Waals surface area (Å²) in [5, 5.41) is 3.24. The van der Waals surface area contributed by atoms with E-state index in [1.807, 2.05) is 47.2 Å². The Balaban J connectivity index is 1.97. The summed E-state index contributed by atoms with van der Waals surface area (Å²) in [5.74, 6) is -0.415. The van der Waals surface area contributed by atoms with Gasteiger partial charge in [0, 0.05) is 44.5 Å². The van der Waals surface area contributed by atoms with Crippen molar-refractivity contribution in [2.24, 2.45) is 0 Å². The van der Waals surface area contributed by atoms with Crippen LogP contribution in [0.5, 0.6) is 0 Å². The van der Waals surface area contributed by atoms with Gasteiger partial charge in [-0.1, -0.05) is 36.4 Å². The van der Waals surface area contributed by atoms with E-state index < -0.39 is 6.04 Å². The summed E-state index contributed by atoms with van der Waals surface area (Å²) in [6.45, 7) is 2.83. The highest BCUT2D eigenvalue weighted by molar-refractivity contribution is 5.87. The zero-order valence-corrected chi connectivity index (χ0v) is 13.8.